The lowest BCUT2D eigenvalue weighted by atomic mass is 10.2. The SMILES string of the molecule is CCCCOP(=O)(OCC(C)C)OC(C)=O. The molecule has 96 valence electrons. The van der Waals surface area contributed by atoms with Gasteiger partial charge in [0.25, 0.3) is 0 Å². The molecule has 0 aliphatic heterocycles. The standard InChI is InChI=1S/C10H21O5P/c1-5-6-7-13-16(12,15-10(4)11)14-8-9(2)3/h9H,5-8H2,1-4H3. The predicted molar refractivity (Wildman–Crippen MR) is 61.0 cm³/mol. The van der Waals surface area contributed by atoms with Gasteiger partial charge in [-0.2, -0.15) is 0 Å². The lowest BCUT2D eigenvalue weighted by Crippen LogP contribution is -2.08. The topological polar surface area (TPSA) is 61.8 Å². The number of unbranched alkanes of at least 4 members (excludes halogenated alkanes) is 1. The molecule has 0 amide bonds. The third kappa shape index (κ3) is 7.85. The Morgan fingerprint density at radius 3 is 2.38 bits per heavy atom. The number of phosphoric acid groups is 1. The van der Waals surface area contributed by atoms with Gasteiger partial charge in [0.15, 0.2) is 0 Å². The smallest absolute Gasteiger partial charge is 0.371 e. The van der Waals surface area contributed by atoms with Crippen LogP contribution in [-0.4, -0.2) is 19.2 Å². The molecular formula is C10H21O5P. The van der Waals surface area contributed by atoms with E-state index in [1.165, 1.54) is 6.92 Å². The summed E-state index contributed by atoms with van der Waals surface area (Å²) < 4.78 is 26.6. The van der Waals surface area contributed by atoms with Crippen LogP contribution in [0.3, 0.4) is 0 Å². The highest BCUT2D eigenvalue weighted by Crippen LogP contribution is 2.49. The Balaban J connectivity index is 4.24. The highest BCUT2D eigenvalue weighted by Gasteiger charge is 2.29. The molecule has 5 nitrogen and oxygen atoms in total. The van der Waals surface area contributed by atoms with Crippen molar-refractivity contribution in [2.75, 3.05) is 13.2 Å². The molecular weight excluding hydrogens is 231 g/mol. The first kappa shape index (κ1) is 15.6. The summed E-state index contributed by atoms with van der Waals surface area (Å²) in [6, 6.07) is 0. The number of rotatable bonds is 8. The molecule has 0 N–H and O–H groups in total. The minimum absolute atomic E-state index is 0.193. The molecule has 6 heteroatoms. The van der Waals surface area contributed by atoms with E-state index in [1.807, 2.05) is 20.8 Å². The van der Waals surface area contributed by atoms with Crippen LogP contribution in [0.15, 0.2) is 0 Å². The van der Waals surface area contributed by atoms with Crippen molar-refractivity contribution in [3.05, 3.63) is 0 Å². The number of carbonyl (C=O) groups excluding carboxylic acids is 1. The van der Waals surface area contributed by atoms with Gasteiger partial charge in [0.05, 0.1) is 13.2 Å². The maximum absolute atomic E-state index is 11.9. The average Bonchev–Trinajstić information content (AvgIpc) is 2.14. The van der Waals surface area contributed by atoms with E-state index >= 15 is 0 Å². The van der Waals surface area contributed by atoms with Crippen LogP contribution in [0.2, 0.25) is 0 Å². The summed E-state index contributed by atoms with van der Waals surface area (Å²) in [6.45, 7) is 7.47. The lowest BCUT2D eigenvalue weighted by Gasteiger charge is -2.17. The van der Waals surface area contributed by atoms with Crippen molar-refractivity contribution in [2.24, 2.45) is 5.92 Å². The molecule has 0 rings (SSSR count). The van der Waals surface area contributed by atoms with Crippen LogP contribution >= 0.6 is 7.82 Å². The van der Waals surface area contributed by atoms with E-state index in [1.54, 1.807) is 0 Å². The maximum atomic E-state index is 11.9. The minimum Gasteiger partial charge on any atom is -0.371 e. The Morgan fingerprint density at radius 1 is 1.31 bits per heavy atom. The Bertz CT molecular complexity index is 252. The van der Waals surface area contributed by atoms with Crippen LogP contribution in [0.4, 0.5) is 0 Å². The Labute approximate surface area is 97.1 Å². The molecule has 0 aromatic heterocycles. The quantitative estimate of drug-likeness (QED) is 0.490. The van der Waals surface area contributed by atoms with Crippen molar-refractivity contribution in [1.29, 1.82) is 0 Å². The molecule has 0 saturated carbocycles. The molecule has 0 spiro atoms. The largest absolute Gasteiger partial charge is 0.532 e. The van der Waals surface area contributed by atoms with Gasteiger partial charge in [-0.25, -0.2) is 4.57 Å². The highest BCUT2D eigenvalue weighted by molar-refractivity contribution is 7.49. The maximum Gasteiger partial charge on any atom is 0.532 e. The van der Waals surface area contributed by atoms with Crippen molar-refractivity contribution < 1.29 is 22.9 Å². The highest BCUT2D eigenvalue weighted by atomic mass is 31.2. The molecule has 0 aliphatic carbocycles. The van der Waals surface area contributed by atoms with E-state index in [-0.39, 0.29) is 19.1 Å². The van der Waals surface area contributed by atoms with E-state index in [9.17, 15) is 9.36 Å². The molecule has 0 aromatic rings. The van der Waals surface area contributed by atoms with Crippen LogP contribution in [-0.2, 0) is 22.9 Å². The fourth-order valence-corrected chi connectivity index (χ4v) is 2.14. The van der Waals surface area contributed by atoms with Crippen LogP contribution in [0.1, 0.15) is 40.5 Å². The van der Waals surface area contributed by atoms with E-state index in [0.29, 0.717) is 0 Å². The lowest BCUT2D eigenvalue weighted by molar-refractivity contribution is -0.133. The molecule has 0 aliphatic rings. The summed E-state index contributed by atoms with van der Waals surface area (Å²) in [6.07, 6.45) is 1.65. The molecule has 16 heavy (non-hydrogen) atoms. The number of hydrogen-bond donors (Lipinski definition) is 0. The van der Waals surface area contributed by atoms with Gasteiger partial charge < -0.3 is 4.52 Å². The average molecular weight is 252 g/mol. The molecule has 1 atom stereocenters. The molecule has 1 unspecified atom stereocenters. The number of hydrogen-bond acceptors (Lipinski definition) is 5. The van der Waals surface area contributed by atoms with E-state index < -0.39 is 13.8 Å². The minimum atomic E-state index is -3.71. The fraction of sp³-hybridized carbons (Fsp3) is 0.900. The fourth-order valence-electron chi connectivity index (χ4n) is 0.808. The Morgan fingerprint density at radius 2 is 1.94 bits per heavy atom. The summed E-state index contributed by atoms with van der Waals surface area (Å²) in [4.78, 5) is 10.8. The normalized spacial score (nSPS) is 14.8. The second-order valence-corrected chi connectivity index (χ2v) is 5.50. The third-order valence-corrected chi connectivity index (χ3v) is 3.00. The summed E-state index contributed by atoms with van der Waals surface area (Å²) in [5, 5.41) is 0. The van der Waals surface area contributed by atoms with Gasteiger partial charge in [0, 0.05) is 6.92 Å². The van der Waals surface area contributed by atoms with Gasteiger partial charge in [0.1, 0.15) is 0 Å². The van der Waals surface area contributed by atoms with Gasteiger partial charge in [0.2, 0.25) is 0 Å². The zero-order chi connectivity index (χ0) is 12.6. The van der Waals surface area contributed by atoms with Gasteiger partial charge >= 0.3 is 13.8 Å². The first-order valence-electron chi connectivity index (χ1n) is 5.49. The Kier molecular flexibility index (Phi) is 7.64. The predicted octanol–water partition coefficient (Wildman–Crippen LogP) is 3.15. The van der Waals surface area contributed by atoms with E-state index in [2.05, 4.69) is 4.52 Å². The van der Waals surface area contributed by atoms with Crippen molar-refractivity contribution >= 4 is 13.8 Å². The van der Waals surface area contributed by atoms with Crippen LogP contribution in [0.5, 0.6) is 0 Å². The van der Waals surface area contributed by atoms with Gasteiger partial charge in [-0.3, -0.25) is 13.8 Å². The summed E-state index contributed by atoms with van der Waals surface area (Å²) in [5.41, 5.74) is 0. The van der Waals surface area contributed by atoms with E-state index in [4.69, 9.17) is 9.05 Å². The second-order valence-electron chi connectivity index (χ2n) is 3.91. The third-order valence-electron chi connectivity index (χ3n) is 1.55. The molecule has 0 bridgehead atoms. The first-order chi connectivity index (χ1) is 7.39. The zero-order valence-electron chi connectivity index (χ0n) is 10.4. The monoisotopic (exact) mass is 252 g/mol. The summed E-state index contributed by atoms with van der Waals surface area (Å²) in [7, 11) is -3.71. The summed E-state index contributed by atoms with van der Waals surface area (Å²) >= 11 is 0. The van der Waals surface area contributed by atoms with Crippen molar-refractivity contribution in [3.8, 4) is 0 Å². The van der Waals surface area contributed by atoms with Crippen molar-refractivity contribution in [2.45, 2.75) is 40.5 Å². The van der Waals surface area contributed by atoms with Crippen LogP contribution < -0.4 is 0 Å². The Hall–Kier alpha value is -0.380. The van der Waals surface area contributed by atoms with Crippen LogP contribution in [0, 0.1) is 5.92 Å². The van der Waals surface area contributed by atoms with Crippen molar-refractivity contribution in [1.82, 2.24) is 0 Å². The second kappa shape index (κ2) is 7.82. The molecule has 0 saturated heterocycles. The van der Waals surface area contributed by atoms with E-state index in [0.717, 1.165) is 12.8 Å². The van der Waals surface area contributed by atoms with Crippen LogP contribution in [0.25, 0.3) is 0 Å². The first-order valence-corrected chi connectivity index (χ1v) is 6.95. The van der Waals surface area contributed by atoms with Gasteiger partial charge in [-0.05, 0) is 12.3 Å². The molecule has 0 heterocycles. The van der Waals surface area contributed by atoms with Gasteiger partial charge in [-0.15, -0.1) is 0 Å². The zero-order valence-corrected chi connectivity index (χ0v) is 11.3. The molecule has 0 fully saturated rings. The van der Waals surface area contributed by atoms with Crippen molar-refractivity contribution in [3.63, 3.8) is 0 Å². The van der Waals surface area contributed by atoms with Gasteiger partial charge in [-0.1, -0.05) is 27.2 Å². The number of phosphoric ester groups is 1. The molecule has 0 aromatic carbocycles. The summed E-state index contributed by atoms with van der Waals surface area (Å²) in [5.74, 6) is -0.470. The molecule has 0 radical (unpaired) electrons. The number of carbonyl (C=O) groups is 1.